The van der Waals surface area contributed by atoms with Crippen LogP contribution in [-0.4, -0.2) is 17.1 Å². The predicted octanol–water partition coefficient (Wildman–Crippen LogP) is 3.36. The molecular formula is C12H14BrNO2. The molecule has 1 aromatic rings. The molecule has 0 radical (unpaired) electrons. The lowest BCUT2D eigenvalue weighted by molar-refractivity contribution is 0.0697. The zero-order valence-corrected chi connectivity index (χ0v) is 10.8. The number of halogens is 1. The summed E-state index contributed by atoms with van der Waals surface area (Å²) >= 11 is 3.32. The maximum atomic E-state index is 10.9. The second-order valence-corrected chi connectivity index (χ2v) is 5.84. The highest BCUT2D eigenvalue weighted by Gasteiger charge is 2.45. The summed E-state index contributed by atoms with van der Waals surface area (Å²) in [5, 5.41) is 12.3. The van der Waals surface area contributed by atoms with Crippen molar-refractivity contribution in [2.24, 2.45) is 5.41 Å². The summed E-state index contributed by atoms with van der Waals surface area (Å²) in [4.78, 5) is 10.9. The second-order valence-electron chi connectivity index (χ2n) is 4.92. The van der Waals surface area contributed by atoms with Crippen LogP contribution in [0.3, 0.4) is 0 Å². The van der Waals surface area contributed by atoms with Gasteiger partial charge in [-0.3, -0.25) is 0 Å². The quantitative estimate of drug-likeness (QED) is 0.894. The van der Waals surface area contributed by atoms with E-state index in [9.17, 15) is 4.79 Å². The van der Waals surface area contributed by atoms with Gasteiger partial charge in [0.05, 0.1) is 5.56 Å². The fourth-order valence-electron chi connectivity index (χ4n) is 1.71. The van der Waals surface area contributed by atoms with Crippen LogP contribution in [0.4, 0.5) is 5.69 Å². The number of carboxylic acids is 1. The highest BCUT2D eigenvalue weighted by atomic mass is 79.9. The molecule has 0 bridgehead atoms. The predicted molar refractivity (Wildman–Crippen MR) is 66.9 cm³/mol. The van der Waals surface area contributed by atoms with Crippen molar-refractivity contribution in [2.45, 2.75) is 26.3 Å². The number of carbonyl (C=O) groups is 1. The number of anilines is 1. The molecule has 2 N–H and O–H groups in total. The Kier molecular flexibility index (Phi) is 2.70. The van der Waals surface area contributed by atoms with Gasteiger partial charge in [0, 0.05) is 16.2 Å². The van der Waals surface area contributed by atoms with E-state index in [2.05, 4.69) is 35.1 Å². The van der Waals surface area contributed by atoms with E-state index in [4.69, 9.17) is 5.11 Å². The standard InChI is InChI=1S/C12H14BrNO2/c1-12(2)6-10(12)14-9-4-7(11(15)16)3-8(13)5-9/h3-5,10,14H,6H2,1-2H3,(H,15,16). The van der Waals surface area contributed by atoms with Crippen LogP contribution >= 0.6 is 15.9 Å². The average Bonchev–Trinajstić information content (AvgIpc) is 2.72. The van der Waals surface area contributed by atoms with Gasteiger partial charge in [-0.2, -0.15) is 0 Å². The molecule has 0 amide bonds. The molecule has 16 heavy (non-hydrogen) atoms. The average molecular weight is 284 g/mol. The van der Waals surface area contributed by atoms with Crippen LogP contribution in [0.1, 0.15) is 30.6 Å². The first-order chi connectivity index (χ1) is 7.38. The number of rotatable bonds is 3. The van der Waals surface area contributed by atoms with Crippen molar-refractivity contribution in [2.75, 3.05) is 5.32 Å². The van der Waals surface area contributed by atoms with Crippen molar-refractivity contribution in [1.82, 2.24) is 0 Å². The fourth-order valence-corrected chi connectivity index (χ4v) is 2.20. The molecule has 0 aliphatic heterocycles. The lowest BCUT2D eigenvalue weighted by Crippen LogP contribution is -2.09. The molecule has 1 atom stereocenters. The minimum absolute atomic E-state index is 0.301. The summed E-state index contributed by atoms with van der Waals surface area (Å²) in [6.45, 7) is 4.39. The lowest BCUT2D eigenvalue weighted by atomic mass is 10.1. The van der Waals surface area contributed by atoms with E-state index in [1.807, 2.05) is 6.07 Å². The van der Waals surface area contributed by atoms with Gasteiger partial charge in [-0.1, -0.05) is 29.8 Å². The van der Waals surface area contributed by atoms with Crippen molar-refractivity contribution in [3.8, 4) is 0 Å². The summed E-state index contributed by atoms with van der Waals surface area (Å²) in [7, 11) is 0. The van der Waals surface area contributed by atoms with E-state index >= 15 is 0 Å². The molecule has 1 fully saturated rings. The van der Waals surface area contributed by atoms with E-state index in [0.717, 1.165) is 16.6 Å². The summed E-state index contributed by atoms with van der Waals surface area (Å²) in [5.74, 6) is -0.903. The third kappa shape index (κ3) is 2.38. The number of hydrogen-bond donors (Lipinski definition) is 2. The molecule has 0 spiro atoms. The SMILES string of the molecule is CC1(C)CC1Nc1cc(Br)cc(C(=O)O)c1. The van der Waals surface area contributed by atoms with Gasteiger partial charge in [-0.25, -0.2) is 4.79 Å². The van der Waals surface area contributed by atoms with Crippen molar-refractivity contribution >= 4 is 27.6 Å². The Morgan fingerprint density at radius 1 is 1.50 bits per heavy atom. The van der Waals surface area contributed by atoms with Crippen LogP contribution in [0.5, 0.6) is 0 Å². The summed E-state index contributed by atoms with van der Waals surface area (Å²) < 4.78 is 0.786. The highest BCUT2D eigenvalue weighted by Crippen LogP contribution is 2.46. The van der Waals surface area contributed by atoms with E-state index in [1.165, 1.54) is 0 Å². The highest BCUT2D eigenvalue weighted by molar-refractivity contribution is 9.10. The van der Waals surface area contributed by atoms with Crippen molar-refractivity contribution in [3.05, 3.63) is 28.2 Å². The van der Waals surface area contributed by atoms with Crippen molar-refractivity contribution in [1.29, 1.82) is 0 Å². The van der Waals surface area contributed by atoms with Gasteiger partial charge < -0.3 is 10.4 Å². The molecule has 1 aromatic carbocycles. The maximum absolute atomic E-state index is 10.9. The van der Waals surface area contributed by atoms with Gasteiger partial charge in [0.15, 0.2) is 0 Å². The summed E-state index contributed by atoms with van der Waals surface area (Å²) in [6, 6.07) is 5.62. The Balaban J connectivity index is 2.18. The fraction of sp³-hybridized carbons (Fsp3) is 0.417. The molecular weight excluding hydrogens is 270 g/mol. The van der Waals surface area contributed by atoms with Crippen LogP contribution in [-0.2, 0) is 0 Å². The minimum Gasteiger partial charge on any atom is -0.478 e. The first kappa shape index (κ1) is 11.5. The van der Waals surface area contributed by atoms with Crippen LogP contribution in [0.2, 0.25) is 0 Å². The van der Waals surface area contributed by atoms with Crippen molar-refractivity contribution in [3.63, 3.8) is 0 Å². The van der Waals surface area contributed by atoms with E-state index < -0.39 is 5.97 Å². The first-order valence-corrected chi connectivity index (χ1v) is 5.98. The molecule has 1 aliphatic rings. The number of hydrogen-bond acceptors (Lipinski definition) is 2. The third-order valence-electron chi connectivity index (χ3n) is 3.00. The third-order valence-corrected chi connectivity index (χ3v) is 3.46. The van der Waals surface area contributed by atoms with Gasteiger partial charge >= 0.3 is 5.97 Å². The van der Waals surface area contributed by atoms with E-state index in [1.54, 1.807) is 12.1 Å². The monoisotopic (exact) mass is 283 g/mol. The molecule has 0 saturated heterocycles. The maximum Gasteiger partial charge on any atom is 0.335 e. The van der Waals surface area contributed by atoms with Gasteiger partial charge in [0.1, 0.15) is 0 Å². The summed E-state index contributed by atoms with van der Waals surface area (Å²) in [5.41, 5.74) is 1.49. The normalized spacial score (nSPS) is 21.6. The first-order valence-electron chi connectivity index (χ1n) is 5.19. The Morgan fingerprint density at radius 3 is 2.62 bits per heavy atom. The molecule has 1 unspecified atom stereocenters. The number of nitrogens with one attached hydrogen (secondary N) is 1. The minimum atomic E-state index is -0.903. The van der Waals surface area contributed by atoms with E-state index in [0.29, 0.717) is 17.0 Å². The Labute approximate surface area is 103 Å². The molecule has 2 rings (SSSR count). The Morgan fingerprint density at radius 2 is 2.12 bits per heavy atom. The number of benzene rings is 1. The van der Waals surface area contributed by atoms with Crippen LogP contribution < -0.4 is 5.32 Å². The number of carboxylic acid groups (broad SMARTS) is 1. The smallest absolute Gasteiger partial charge is 0.335 e. The van der Waals surface area contributed by atoms with Crippen LogP contribution in [0.15, 0.2) is 22.7 Å². The van der Waals surface area contributed by atoms with Crippen LogP contribution in [0, 0.1) is 5.41 Å². The lowest BCUT2D eigenvalue weighted by Gasteiger charge is -2.09. The van der Waals surface area contributed by atoms with Gasteiger partial charge in [-0.15, -0.1) is 0 Å². The molecule has 86 valence electrons. The molecule has 0 aromatic heterocycles. The zero-order chi connectivity index (χ0) is 11.9. The molecule has 1 saturated carbocycles. The van der Waals surface area contributed by atoms with E-state index in [-0.39, 0.29) is 0 Å². The second kappa shape index (κ2) is 3.77. The Bertz CT molecular complexity index is 443. The molecule has 1 aliphatic carbocycles. The molecule has 3 nitrogen and oxygen atoms in total. The molecule has 4 heteroatoms. The number of aromatic carboxylic acids is 1. The zero-order valence-electron chi connectivity index (χ0n) is 9.25. The summed E-state index contributed by atoms with van der Waals surface area (Å²) in [6.07, 6.45) is 1.13. The largest absolute Gasteiger partial charge is 0.478 e. The molecule has 0 heterocycles. The van der Waals surface area contributed by atoms with Gasteiger partial charge in [-0.05, 0) is 30.0 Å². The van der Waals surface area contributed by atoms with Crippen LogP contribution in [0.25, 0.3) is 0 Å². The Hall–Kier alpha value is -1.03. The van der Waals surface area contributed by atoms with Crippen molar-refractivity contribution < 1.29 is 9.90 Å². The van der Waals surface area contributed by atoms with Gasteiger partial charge in [0.2, 0.25) is 0 Å². The van der Waals surface area contributed by atoms with Gasteiger partial charge in [0.25, 0.3) is 0 Å². The topological polar surface area (TPSA) is 49.3 Å².